The fourth-order valence-corrected chi connectivity index (χ4v) is 0.728. The van der Waals surface area contributed by atoms with Gasteiger partial charge in [0.2, 0.25) is 6.20 Å². The molecule has 0 aliphatic heterocycles. The zero-order valence-corrected chi connectivity index (χ0v) is 5.84. The van der Waals surface area contributed by atoms with Gasteiger partial charge in [-0.25, -0.2) is 5.84 Å². The van der Waals surface area contributed by atoms with Gasteiger partial charge in [0.15, 0.2) is 0 Å². The number of hydrogen-bond donors (Lipinski definition) is 2. The number of rotatable bonds is 0. The normalized spacial score (nSPS) is 11.6. The standard InChI is InChI=1S/C6H5F3N2O/c7-6(8,9)5-3-4(12)1-2-11(5)10/h1-3H,10H2/p+1. The second-order valence-electron chi connectivity index (χ2n) is 2.18. The van der Waals surface area contributed by atoms with Crippen molar-refractivity contribution < 1.29 is 23.0 Å². The lowest BCUT2D eigenvalue weighted by Gasteiger charge is -2.02. The average Bonchev–Trinajstić information content (AvgIpc) is 1.92. The highest BCUT2D eigenvalue weighted by Crippen LogP contribution is 2.27. The Bertz CT molecular complexity index is 297. The summed E-state index contributed by atoms with van der Waals surface area (Å²) in [6.45, 7) is 0. The molecule has 0 amide bonds. The van der Waals surface area contributed by atoms with Crippen LogP contribution in [0.25, 0.3) is 0 Å². The number of halogens is 3. The van der Waals surface area contributed by atoms with E-state index in [0.717, 1.165) is 12.3 Å². The number of hydrogen-bond acceptors (Lipinski definition) is 2. The number of alkyl halides is 3. The maximum atomic E-state index is 12.0. The van der Waals surface area contributed by atoms with Crippen LogP contribution in [0.15, 0.2) is 18.3 Å². The third-order valence-corrected chi connectivity index (χ3v) is 1.26. The Kier molecular flexibility index (Phi) is 1.83. The largest absolute Gasteiger partial charge is 0.507 e. The first-order valence-corrected chi connectivity index (χ1v) is 2.98. The Balaban J connectivity index is 3.23. The smallest absolute Gasteiger partial charge is 0.480 e. The van der Waals surface area contributed by atoms with E-state index in [4.69, 9.17) is 10.9 Å². The van der Waals surface area contributed by atoms with Crippen molar-refractivity contribution in [2.75, 3.05) is 5.84 Å². The predicted octanol–water partition coefficient (Wildman–Crippen LogP) is 0.412. The molecule has 0 saturated heterocycles. The molecule has 12 heavy (non-hydrogen) atoms. The number of pyridine rings is 1. The second-order valence-corrected chi connectivity index (χ2v) is 2.18. The summed E-state index contributed by atoms with van der Waals surface area (Å²) in [5.74, 6) is 4.49. The van der Waals surface area contributed by atoms with Crippen molar-refractivity contribution in [3.8, 4) is 5.75 Å². The van der Waals surface area contributed by atoms with Gasteiger partial charge < -0.3 is 5.11 Å². The molecule has 0 aromatic carbocycles. The molecule has 0 radical (unpaired) electrons. The van der Waals surface area contributed by atoms with Gasteiger partial charge in [0.1, 0.15) is 5.75 Å². The van der Waals surface area contributed by atoms with Gasteiger partial charge in [-0.2, -0.15) is 13.2 Å². The van der Waals surface area contributed by atoms with E-state index in [0.29, 0.717) is 10.7 Å². The van der Waals surface area contributed by atoms with Crippen molar-refractivity contribution in [1.29, 1.82) is 0 Å². The Hall–Kier alpha value is -1.46. The SMILES string of the molecule is N[n+]1ccc(O)cc1C(F)(F)F. The van der Waals surface area contributed by atoms with Crippen LogP contribution in [0.1, 0.15) is 5.69 Å². The lowest BCUT2D eigenvalue weighted by atomic mass is 10.3. The minimum absolute atomic E-state index is 0.402. The minimum Gasteiger partial charge on any atom is -0.507 e. The van der Waals surface area contributed by atoms with E-state index in [1.807, 2.05) is 0 Å². The van der Waals surface area contributed by atoms with Crippen LogP contribution in [-0.4, -0.2) is 5.11 Å². The van der Waals surface area contributed by atoms with Gasteiger partial charge in [-0.15, -0.1) is 0 Å². The summed E-state index contributed by atoms with van der Waals surface area (Å²) in [6, 6.07) is 1.62. The quantitative estimate of drug-likeness (QED) is 0.447. The molecule has 3 nitrogen and oxygen atoms in total. The molecule has 0 atom stereocenters. The topological polar surface area (TPSA) is 50.1 Å². The molecule has 0 saturated carbocycles. The van der Waals surface area contributed by atoms with Crippen molar-refractivity contribution in [2.24, 2.45) is 0 Å². The van der Waals surface area contributed by atoms with Crippen molar-refractivity contribution in [3.63, 3.8) is 0 Å². The summed E-state index contributed by atoms with van der Waals surface area (Å²) < 4.78 is 36.5. The first-order valence-electron chi connectivity index (χ1n) is 2.98. The summed E-state index contributed by atoms with van der Waals surface area (Å²) >= 11 is 0. The Morgan fingerprint density at radius 3 is 2.42 bits per heavy atom. The molecule has 0 aliphatic carbocycles. The first-order chi connectivity index (χ1) is 5.41. The summed E-state index contributed by atoms with van der Waals surface area (Å²) in [6.07, 6.45) is -3.62. The molecule has 0 spiro atoms. The average molecular weight is 179 g/mol. The molecule has 1 aromatic rings. The molecule has 1 heterocycles. The van der Waals surface area contributed by atoms with Crippen LogP contribution < -0.4 is 10.5 Å². The summed E-state index contributed by atoms with van der Waals surface area (Å²) in [4.78, 5) is 0. The molecule has 66 valence electrons. The molecule has 0 unspecified atom stereocenters. The molecule has 0 bridgehead atoms. The number of aromatic hydroxyl groups is 1. The van der Waals surface area contributed by atoms with E-state index in [-0.39, 0.29) is 0 Å². The molecule has 1 aromatic heterocycles. The van der Waals surface area contributed by atoms with E-state index < -0.39 is 17.6 Å². The lowest BCUT2D eigenvalue weighted by molar-refractivity contribution is -0.660. The van der Waals surface area contributed by atoms with Gasteiger partial charge in [-0.3, -0.25) is 0 Å². The molecule has 0 fully saturated rings. The molecular formula is C6H6F3N2O+. The summed E-state index contributed by atoms with van der Waals surface area (Å²) in [7, 11) is 0. The number of nitrogens with zero attached hydrogens (tertiary/aromatic N) is 1. The van der Waals surface area contributed by atoms with Gasteiger partial charge in [0.05, 0.1) is 6.07 Å². The summed E-state index contributed by atoms with van der Waals surface area (Å²) in [5, 5.41) is 8.73. The molecule has 1 rings (SSSR count). The zero-order valence-electron chi connectivity index (χ0n) is 5.84. The Labute approximate surface area is 65.8 Å². The molecule has 6 heteroatoms. The van der Waals surface area contributed by atoms with Gasteiger partial charge >= 0.3 is 11.9 Å². The zero-order chi connectivity index (χ0) is 9.35. The lowest BCUT2D eigenvalue weighted by Crippen LogP contribution is -2.50. The van der Waals surface area contributed by atoms with E-state index >= 15 is 0 Å². The van der Waals surface area contributed by atoms with Crippen LogP contribution in [0.4, 0.5) is 13.2 Å². The molecular weight excluding hydrogens is 173 g/mol. The fourth-order valence-electron chi connectivity index (χ4n) is 0.728. The monoisotopic (exact) mass is 179 g/mol. The third-order valence-electron chi connectivity index (χ3n) is 1.26. The van der Waals surface area contributed by atoms with E-state index in [1.54, 1.807) is 0 Å². The van der Waals surface area contributed by atoms with E-state index in [9.17, 15) is 13.2 Å². The van der Waals surface area contributed by atoms with Crippen molar-refractivity contribution in [3.05, 3.63) is 24.0 Å². The van der Waals surface area contributed by atoms with Gasteiger partial charge in [0, 0.05) is 6.07 Å². The van der Waals surface area contributed by atoms with Crippen LogP contribution >= 0.6 is 0 Å². The number of nitrogen functional groups attached to an aromatic ring is 1. The Morgan fingerprint density at radius 1 is 1.42 bits per heavy atom. The Morgan fingerprint density at radius 2 is 2.00 bits per heavy atom. The van der Waals surface area contributed by atoms with Crippen LogP contribution in [0.5, 0.6) is 5.75 Å². The second kappa shape index (κ2) is 2.54. The highest BCUT2D eigenvalue weighted by Gasteiger charge is 2.41. The van der Waals surface area contributed by atoms with Gasteiger partial charge in [-0.1, -0.05) is 4.68 Å². The molecule has 3 N–H and O–H groups in total. The highest BCUT2D eigenvalue weighted by atomic mass is 19.4. The minimum atomic E-state index is -4.55. The maximum Gasteiger partial charge on any atom is 0.480 e. The van der Waals surface area contributed by atoms with E-state index in [2.05, 4.69) is 0 Å². The fraction of sp³-hybridized carbons (Fsp3) is 0.167. The maximum absolute atomic E-state index is 12.0. The summed E-state index contributed by atoms with van der Waals surface area (Å²) in [5.41, 5.74) is -1.09. The first kappa shape index (κ1) is 8.63. The van der Waals surface area contributed by atoms with Crippen LogP contribution in [0.2, 0.25) is 0 Å². The van der Waals surface area contributed by atoms with E-state index in [1.165, 1.54) is 0 Å². The van der Waals surface area contributed by atoms with Crippen molar-refractivity contribution in [1.82, 2.24) is 0 Å². The van der Waals surface area contributed by atoms with Gasteiger partial charge in [-0.05, 0) is 0 Å². The van der Waals surface area contributed by atoms with Crippen LogP contribution in [-0.2, 0) is 6.18 Å². The predicted molar refractivity (Wildman–Crippen MR) is 33.5 cm³/mol. The van der Waals surface area contributed by atoms with Crippen molar-refractivity contribution in [2.45, 2.75) is 6.18 Å². The third kappa shape index (κ3) is 1.58. The number of aromatic nitrogens is 1. The van der Waals surface area contributed by atoms with Gasteiger partial charge in [0.25, 0.3) is 0 Å². The van der Waals surface area contributed by atoms with Crippen molar-refractivity contribution >= 4 is 0 Å². The van der Waals surface area contributed by atoms with Crippen LogP contribution in [0.3, 0.4) is 0 Å². The molecule has 0 aliphatic rings. The number of nitrogens with two attached hydrogens (primary N) is 1. The van der Waals surface area contributed by atoms with Crippen LogP contribution in [0, 0.1) is 0 Å². The highest BCUT2D eigenvalue weighted by molar-refractivity contribution is 5.18.